The summed E-state index contributed by atoms with van der Waals surface area (Å²) in [5, 5.41) is 5.29. The molecule has 0 spiro atoms. The van der Waals surface area contributed by atoms with Gasteiger partial charge in [0.2, 0.25) is 5.91 Å². The molecule has 2 atom stereocenters. The van der Waals surface area contributed by atoms with Crippen molar-refractivity contribution in [3.63, 3.8) is 0 Å². The van der Waals surface area contributed by atoms with E-state index in [0.717, 1.165) is 18.4 Å². The summed E-state index contributed by atoms with van der Waals surface area (Å²) in [4.78, 5) is 16.3. The fraction of sp³-hybridized carbons (Fsp3) is 0.421. The van der Waals surface area contributed by atoms with Crippen LogP contribution in [0.1, 0.15) is 35.2 Å². The van der Waals surface area contributed by atoms with Crippen LogP contribution >= 0.6 is 11.3 Å². The van der Waals surface area contributed by atoms with Gasteiger partial charge < -0.3 is 10.2 Å². The largest absolute Gasteiger partial charge is 0.354 e. The number of carbonyl (C=O) groups is 1. The lowest BCUT2D eigenvalue weighted by atomic mass is 9.93. The fourth-order valence-corrected chi connectivity index (χ4v) is 3.98. The molecule has 122 valence electrons. The highest BCUT2D eigenvalue weighted by Gasteiger charge is 2.37. The van der Waals surface area contributed by atoms with E-state index in [2.05, 4.69) is 54.0 Å². The van der Waals surface area contributed by atoms with E-state index in [0.29, 0.717) is 12.5 Å². The van der Waals surface area contributed by atoms with Gasteiger partial charge in [0.15, 0.2) is 0 Å². The van der Waals surface area contributed by atoms with Gasteiger partial charge in [-0.1, -0.05) is 36.4 Å². The summed E-state index contributed by atoms with van der Waals surface area (Å²) >= 11 is 1.74. The molecule has 1 saturated carbocycles. The SMILES string of the molecule is CN(C)C(CNC(=O)C(c1ccccc1)C1CC1)c1cccs1. The minimum atomic E-state index is 0.00217. The topological polar surface area (TPSA) is 32.3 Å². The van der Waals surface area contributed by atoms with Crippen molar-refractivity contribution < 1.29 is 4.79 Å². The Bertz CT molecular complexity index is 620. The van der Waals surface area contributed by atoms with Crippen LogP contribution in [0.4, 0.5) is 0 Å². The third kappa shape index (κ3) is 4.01. The van der Waals surface area contributed by atoms with E-state index in [1.54, 1.807) is 11.3 Å². The standard InChI is InChI=1S/C19H24N2OS/c1-21(2)16(17-9-6-12-23-17)13-20-19(22)18(15-10-11-15)14-7-4-3-5-8-14/h3-9,12,15-16,18H,10-11,13H2,1-2H3,(H,20,22). The van der Waals surface area contributed by atoms with Crippen LogP contribution in [0.25, 0.3) is 0 Å². The number of nitrogens with one attached hydrogen (secondary N) is 1. The first-order chi connectivity index (χ1) is 11.2. The lowest BCUT2D eigenvalue weighted by Crippen LogP contribution is -2.37. The average Bonchev–Trinajstić information content (AvgIpc) is 3.22. The number of rotatable bonds is 7. The maximum absolute atomic E-state index is 12.8. The molecule has 4 heteroatoms. The summed E-state index contributed by atoms with van der Waals surface area (Å²) in [6.07, 6.45) is 2.32. The van der Waals surface area contributed by atoms with Gasteiger partial charge in [0, 0.05) is 11.4 Å². The number of likely N-dealkylation sites (N-methyl/N-ethyl adjacent to an activating group) is 1. The van der Waals surface area contributed by atoms with E-state index in [-0.39, 0.29) is 17.9 Å². The molecule has 1 aliphatic rings. The second-order valence-electron chi connectivity index (χ2n) is 6.47. The van der Waals surface area contributed by atoms with Crippen molar-refractivity contribution in [1.29, 1.82) is 0 Å². The van der Waals surface area contributed by atoms with E-state index >= 15 is 0 Å². The Balaban J connectivity index is 1.67. The van der Waals surface area contributed by atoms with Crippen molar-refractivity contribution in [3.8, 4) is 0 Å². The smallest absolute Gasteiger partial charge is 0.227 e. The molecule has 23 heavy (non-hydrogen) atoms. The Labute approximate surface area is 142 Å². The van der Waals surface area contributed by atoms with E-state index in [9.17, 15) is 4.79 Å². The van der Waals surface area contributed by atoms with Crippen molar-refractivity contribution in [1.82, 2.24) is 10.2 Å². The van der Waals surface area contributed by atoms with E-state index in [4.69, 9.17) is 0 Å². The number of thiophene rings is 1. The van der Waals surface area contributed by atoms with Gasteiger partial charge in [-0.05, 0) is 49.9 Å². The molecule has 1 heterocycles. The van der Waals surface area contributed by atoms with E-state index < -0.39 is 0 Å². The number of hydrogen-bond acceptors (Lipinski definition) is 3. The zero-order chi connectivity index (χ0) is 16.2. The van der Waals surface area contributed by atoms with Crippen LogP contribution in [0, 0.1) is 5.92 Å². The molecule has 0 saturated heterocycles. The molecule has 1 aliphatic carbocycles. The van der Waals surface area contributed by atoms with Gasteiger partial charge >= 0.3 is 0 Å². The van der Waals surface area contributed by atoms with Gasteiger partial charge in [-0.15, -0.1) is 11.3 Å². The summed E-state index contributed by atoms with van der Waals surface area (Å²) in [6, 6.07) is 14.6. The van der Waals surface area contributed by atoms with Crippen LogP contribution in [0.2, 0.25) is 0 Å². The molecule has 2 unspecified atom stereocenters. The number of nitrogens with zero attached hydrogens (tertiary/aromatic N) is 1. The van der Waals surface area contributed by atoms with Crippen molar-refractivity contribution in [3.05, 3.63) is 58.3 Å². The molecule has 2 aromatic rings. The van der Waals surface area contributed by atoms with Crippen LogP contribution in [0.3, 0.4) is 0 Å². The molecule has 0 radical (unpaired) electrons. The van der Waals surface area contributed by atoms with Gasteiger partial charge in [-0.25, -0.2) is 0 Å². The van der Waals surface area contributed by atoms with Gasteiger partial charge in [0.1, 0.15) is 0 Å². The molecular formula is C19H24N2OS. The fourth-order valence-electron chi connectivity index (χ4n) is 3.05. The summed E-state index contributed by atoms with van der Waals surface area (Å²) in [5.41, 5.74) is 1.14. The summed E-state index contributed by atoms with van der Waals surface area (Å²) in [6.45, 7) is 0.655. The molecule has 3 nitrogen and oxygen atoms in total. The Morgan fingerprint density at radius 2 is 1.96 bits per heavy atom. The van der Waals surface area contributed by atoms with Crippen LogP contribution < -0.4 is 5.32 Å². The first kappa shape index (κ1) is 16.2. The molecule has 0 aliphatic heterocycles. The van der Waals surface area contributed by atoms with Crippen LogP contribution in [0.5, 0.6) is 0 Å². The first-order valence-corrected chi connectivity index (χ1v) is 9.07. The van der Waals surface area contributed by atoms with Gasteiger partial charge in [0.05, 0.1) is 12.0 Å². The molecule has 0 bridgehead atoms. The number of amides is 1. The first-order valence-electron chi connectivity index (χ1n) is 8.19. The minimum absolute atomic E-state index is 0.00217. The summed E-state index contributed by atoms with van der Waals surface area (Å²) in [5.74, 6) is 0.682. The number of benzene rings is 1. The number of hydrogen-bond donors (Lipinski definition) is 1. The summed E-state index contributed by atoms with van der Waals surface area (Å²) in [7, 11) is 4.12. The zero-order valence-corrected chi connectivity index (χ0v) is 14.6. The molecular weight excluding hydrogens is 304 g/mol. The molecule has 1 fully saturated rings. The lowest BCUT2D eigenvalue weighted by molar-refractivity contribution is -0.123. The van der Waals surface area contributed by atoms with Crippen LogP contribution in [0.15, 0.2) is 47.8 Å². The van der Waals surface area contributed by atoms with E-state index in [1.807, 2.05) is 18.2 Å². The second-order valence-corrected chi connectivity index (χ2v) is 7.45. The molecule has 1 aromatic carbocycles. The molecule has 3 rings (SSSR count). The number of carbonyl (C=O) groups excluding carboxylic acids is 1. The maximum atomic E-state index is 12.8. The quantitative estimate of drug-likeness (QED) is 0.841. The highest BCUT2D eigenvalue weighted by molar-refractivity contribution is 7.10. The van der Waals surface area contributed by atoms with Crippen molar-refractivity contribution in [2.75, 3.05) is 20.6 Å². The van der Waals surface area contributed by atoms with Crippen molar-refractivity contribution >= 4 is 17.2 Å². The zero-order valence-electron chi connectivity index (χ0n) is 13.7. The monoisotopic (exact) mass is 328 g/mol. The third-order valence-electron chi connectivity index (χ3n) is 4.50. The highest BCUT2D eigenvalue weighted by atomic mass is 32.1. The Morgan fingerprint density at radius 3 is 2.52 bits per heavy atom. The lowest BCUT2D eigenvalue weighted by Gasteiger charge is -2.25. The molecule has 1 amide bonds. The molecule has 1 aromatic heterocycles. The maximum Gasteiger partial charge on any atom is 0.227 e. The third-order valence-corrected chi connectivity index (χ3v) is 5.47. The van der Waals surface area contributed by atoms with Crippen LogP contribution in [-0.2, 0) is 4.79 Å². The highest BCUT2D eigenvalue weighted by Crippen LogP contribution is 2.42. The predicted molar refractivity (Wildman–Crippen MR) is 95.7 cm³/mol. The Morgan fingerprint density at radius 1 is 1.22 bits per heavy atom. The molecule has 1 N–H and O–H groups in total. The van der Waals surface area contributed by atoms with Crippen molar-refractivity contribution in [2.45, 2.75) is 24.8 Å². The Kier molecular flexibility index (Phi) is 5.13. The Hall–Kier alpha value is -1.65. The van der Waals surface area contributed by atoms with Crippen LogP contribution in [-0.4, -0.2) is 31.4 Å². The summed E-state index contributed by atoms with van der Waals surface area (Å²) < 4.78 is 0. The van der Waals surface area contributed by atoms with Gasteiger partial charge in [-0.2, -0.15) is 0 Å². The van der Waals surface area contributed by atoms with Gasteiger partial charge in [-0.3, -0.25) is 4.79 Å². The minimum Gasteiger partial charge on any atom is -0.354 e. The normalized spacial score (nSPS) is 17.0. The van der Waals surface area contributed by atoms with Crippen molar-refractivity contribution in [2.24, 2.45) is 5.92 Å². The predicted octanol–water partition coefficient (Wildman–Crippen LogP) is 3.66. The average molecular weight is 328 g/mol. The van der Waals surface area contributed by atoms with E-state index in [1.165, 1.54) is 4.88 Å². The second kappa shape index (κ2) is 7.28. The van der Waals surface area contributed by atoms with Gasteiger partial charge in [0.25, 0.3) is 0 Å².